The monoisotopic (exact) mass is 294 g/mol. The zero-order valence-electron chi connectivity index (χ0n) is 12.6. The summed E-state index contributed by atoms with van der Waals surface area (Å²) < 4.78 is 40.2. The standard InChI is InChI=1S/C17H19F3N/c1-11(2)13-7-8-21(4)16(10-13)15-6-5-14(9-12(15)3)17(18,19)20/h5-11H,1-4H3/q+1. The Morgan fingerprint density at radius 3 is 2.24 bits per heavy atom. The highest BCUT2D eigenvalue weighted by molar-refractivity contribution is 5.62. The molecule has 1 nitrogen and oxygen atoms in total. The van der Waals surface area contributed by atoms with Gasteiger partial charge in [-0.2, -0.15) is 13.2 Å². The summed E-state index contributed by atoms with van der Waals surface area (Å²) >= 11 is 0. The van der Waals surface area contributed by atoms with E-state index in [1.54, 1.807) is 13.0 Å². The lowest BCUT2D eigenvalue weighted by molar-refractivity contribution is -0.660. The fourth-order valence-electron chi connectivity index (χ4n) is 2.34. The maximum absolute atomic E-state index is 12.7. The first-order valence-corrected chi connectivity index (χ1v) is 6.88. The minimum Gasteiger partial charge on any atom is -0.201 e. The molecule has 21 heavy (non-hydrogen) atoms. The summed E-state index contributed by atoms with van der Waals surface area (Å²) in [6.07, 6.45) is -2.35. The topological polar surface area (TPSA) is 3.88 Å². The summed E-state index contributed by atoms with van der Waals surface area (Å²) in [6, 6.07) is 7.98. The predicted molar refractivity (Wildman–Crippen MR) is 76.9 cm³/mol. The molecule has 1 aromatic carbocycles. The predicted octanol–water partition coefficient (Wildman–Crippen LogP) is 4.63. The van der Waals surface area contributed by atoms with E-state index in [-0.39, 0.29) is 0 Å². The van der Waals surface area contributed by atoms with E-state index in [9.17, 15) is 13.2 Å². The molecule has 0 spiro atoms. The van der Waals surface area contributed by atoms with Crippen LogP contribution in [0.1, 0.15) is 36.5 Å². The Morgan fingerprint density at radius 1 is 1.05 bits per heavy atom. The molecule has 0 radical (unpaired) electrons. The van der Waals surface area contributed by atoms with Crippen molar-refractivity contribution in [2.24, 2.45) is 7.05 Å². The number of hydrogen-bond donors (Lipinski definition) is 0. The fraction of sp³-hybridized carbons (Fsp3) is 0.353. The quantitative estimate of drug-likeness (QED) is 0.711. The zero-order valence-corrected chi connectivity index (χ0v) is 12.6. The van der Waals surface area contributed by atoms with Crippen molar-refractivity contribution in [3.63, 3.8) is 0 Å². The van der Waals surface area contributed by atoms with Gasteiger partial charge in [0.25, 0.3) is 0 Å². The van der Waals surface area contributed by atoms with Crippen LogP contribution in [0.2, 0.25) is 0 Å². The second kappa shape index (κ2) is 5.51. The van der Waals surface area contributed by atoms with Crippen molar-refractivity contribution in [3.8, 4) is 11.3 Å². The van der Waals surface area contributed by atoms with Gasteiger partial charge < -0.3 is 0 Å². The molecule has 0 atom stereocenters. The van der Waals surface area contributed by atoms with Crippen LogP contribution in [0, 0.1) is 6.92 Å². The number of aryl methyl sites for hydroxylation is 2. The molecular weight excluding hydrogens is 275 g/mol. The van der Waals surface area contributed by atoms with E-state index in [1.807, 2.05) is 29.9 Å². The number of aromatic nitrogens is 1. The fourth-order valence-corrected chi connectivity index (χ4v) is 2.34. The maximum Gasteiger partial charge on any atom is 0.416 e. The van der Waals surface area contributed by atoms with Crippen LogP contribution in [0.5, 0.6) is 0 Å². The van der Waals surface area contributed by atoms with Gasteiger partial charge in [0.2, 0.25) is 5.69 Å². The Balaban J connectivity index is 2.55. The highest BCUT2D eigenvalue weighted by atomic mass is 19.4. The third-order valence-electron chi connectivity index (χ3n) is 3.67. The molecule has 0 aliphatic rings. The third kappa shape index (κ3) is 3.26. The molecule has 0 amide bonds. The number of rotatable bonds is 2. The Morgan fingerprint density at radius 2 is 1.71 bits per heavy atom. The van der Waals surface area contributed by atoms with Crippen LogP contribution in [0.15, 0.2) is 36.5 Å². The molecule has 0 fully saturated rings. The summed E-state index contributed by atoms with van der Waals surface area (Å²) in [4.78, 5) is 0. The van der Waals surface area contributed by atoms with Crippen molar-refractivity contribution in [3.05, 3.63) is 53.2 Å². The van der Waals surface area contributed by atoms with Crippen molar-refractivity contribution in [2.75, 3.05) is 0 Å². The Bertz CT molecular complexity index is 658. The van der Waals surface area contributed by atoms with Gasteiger partial charge in [0.15, 0.2) is 6.20 Å². The molecule has 0 bridgehead atoms. The molecule has 0 aliphatic heterocycles. The van der Waals surface area contributed by atoms with E-state index >= 15 is 0 Å². The minimum absolute atomic E-state index is 0.375. The largest absolute Gasteiger partial charge is 0.416 e. The van der Waals surface area contributed by atoms with E-state index in [2.05, 4.69) is 13.8 Å². The normalized spacial score (nSPS) is 12.0. The van der Waals surface area contributed by atoms with Gasteiger partial charge in [-0.15, -0.1) is 0 Å². The van der Waals surface area contributed by atoms with Gasteiger partial charge in [0, 0.05) is 17.7 Å². The first-order valence-electron chi connectivity index (χ1n) is 6.88. The molecule has 0 unspecified atom stereocenters. The molecule has 2 aromatic rings. The lowest BCUT2D eigenvalue weighted by atomic mass is 9.97. The molecule has 0 saturated heterocycles. The van der Waals surface area contributed by atoms with Crippen LogP contribution < -0.4 is 4.57 Å². The van der Waals surface area contributed by atoms with Crippen LogP contribution >= 0.6 is 0 Å². The number of hydrogen-bond acceptors (Lipinski definition) is 0. The lowest BCUT2D eigenvalue weighted by Gasteiger charge is -2.11. The van der Waals surface area contributed by atoms with Gasteiger partial charge in [-0.1, -0.05) is 13.8 Å². The maximum atomic E-state index is 12.7. The van der Waals surface area contributed by atoms with Crippen LogP contribution in [-0.2, 0) is 13.2 Å². The van der Waals surface area contributed by atoms with Crippen LogP contribution in [-0.4, -0.2) is 0 Å². The van der Waals surface area contributed by atoms with Gasteiger partial charge in [-0.25, -0.2) is 4.57 Å². The van der Waals surface area contributed by atoms with E-state index in [0.29, 0.717) is 11.5 Å². The van der Waals surface area contributed by atoms with Crippen LogP contribution in [0.25, 0.3) is 11.3 Å². The molecule has 1 aromatic heterocycles. The second-order valence-electron chi connectivity index (χ2n) is 5.64. The van der Waals surface area contributed by atoms with Gasteiger partial charge >= 0.3 is 6.18 Å². The van der Waals surface area contributed by atoms with E-state index < -0.39 is 11.7 Å². The second-order valence-corrected chi connectivity index (χ2v) is 5.64. The average molecular weight is 294 g/mol. The zero-order chi connectivity index (χ0) is 15.8. The summed E-state index contributed by atoms with van der Waals surface area (Å²) in [5, 5.41) is 0. The van der Waals surface area contributed by atoms with Crippen LogP contribution in [0.4, 0.5) is 13.2 Å². The van der Waals surface area contributed by atoms with Crippen LogP contribution in [0.3, 0.4) is 0 Å². The lowest BCUT2D eigenvalue weighted by Crippen LogP contribution is -2.31. The Hall–Kier alpha value is -1.84. The van der Waals surface area contributed by atoms with Gasteiger partial charge in [-0.3, -0.25) is 0 Å². The smallest absolute Gasteiger partial charge is 0.201 e. The van der Waals surface area contributed by atoms with E-state index in [4.69, 9.17) is 0 Å². The Kier molecular flexibility index (Phi) is 4.08. The number of nitrogens with zero attached hydrogens (tertiary/aromatic N) is 1. The summed E-state index contributed by atoms with van der Waals surface area (Å²) in [5.41, 5.74) is 2.94. The molecule has 112 valence electrons. The highest BCUT2D eigenvalue weighted by Crippen LogP contribution is 2.32. The first-order chi connectivity index (χ1) is 9.70. The van der Waals surface area contributed by atoms with Crippen molar-refractivity contribution >= 4 is 0 Å². The minimum atomic E-state index is -4.30. The summed E-state index contributed by atoms with van der Waals surface area (Å²) in [7, 11) is 1.90. The SMILES string of the molecule is Cc1cc(C(F)(F)F)ccc1-c1cc(C(C)C)cc[n+]1C. The van der Waals surface area contributed by atoms with Crippen molar-refractivity contribution in [1.82, 2.24) is 0 Å². The first kappa shape index (κ1) is 15.5. The van der Waals surface area contributed by atoms with E-state index in [1.165, 1.54) is 11.6 Å². The molecule has 1 heterocycles. The third-order valence-corrected chi connectivity index (χ3v) is 3.67. The van der Waals surface area contributed by atoms with Gasteiger partial charge in [0.1, 0.15) is 7.05 Å². The molecule has 2 rings (SSSR count). The number of halogens is 3. The van der Waals surface area contributed by atoms with Crippen molar-refractivity contribution in [2.45, 2.75) is 32.9 Å². The average Bonchev–Trinajstić information content (AvgIpc) is 2.38. The molecule has 0 aliphatic carbocycles. The summed E-state index contributed by atoms with van der Waals surface area (Å²) in [5.74, 6) is 0.375. The number of alkyl halides is 3. The Labute approximate surface area is 123 Å². The van der Waals surface area contributed by atoms with Gasteiger partial charge in [0.05, 0.1) is 5.56 Å². The molecule has 0 N–H and O–H groups in total. The van der Waals surface area contributed by atoms with Crippen molar-refractivity contribution < 1.29 is 17.7 Å². The molecule has 0 saturated carbocycles. The van der Waals surface area contributed by atoms with E-state index in [0.717, 1.165) is 17.3 Å². The number of benzene rings is 1. The number of pyridine rings is 1. The van der Waals surface area contributed by atoms with Crippen molar-refractivity contribution in [1.29, 1.82) is 0 Å². The molecule has 4 heteroatoms. The van der Waals surface area contributed by atoms with Gasteiger partial charge in [-0.05, 0) is 42.2 Å². The highest BCUT2D eigenvalue weighted by Gasteiger charge is 2.31. The molecular formula is C17H19F3N+. The summed E-state index contributed by atoms with van der Waals surface area (Å²) in [6.45, 7) is 5.91.